The van der Waals surface area contributed by atoms with Crippen LogP contribution in [0.5, 0.6) is 0 Å². The SMILES string of the molecule is CNC1CN(c2nc(N)nc(N)c2-c2ccc(F)c(F)c2)C1. The summed E-state index contributed by atoms with van der Waals surface area (Å²) >= 11 is 0. The van der Waals surface area contributed by atoms with E-state index in [0.717, 1.165) is 25.2 Å². The molecule has 8 heteroatoms. The molecule has 2 aromatic rings. The monoisotopic (exact) mass is 306 g/mol. The third kappa shape index (κ3) is 2.41. The minimum Gasteiger partial charge on any atom is -0.383 e. The van der Waals surface area contributed by atoms with Gasteiger partial charge in [-0.2, -0.15) is 9.97 Å². The van der Waals surface area contributed by atoms with Crippen molar-refractivity contribution in [3.63, 3.8) is 0 Å². The van der Waals surface area contributed by atoms with Crippen molar-refractivity contribution < 1.29 is 8.78 Å². The third-order valence-electron chi connectivity index (χ3n) is 3.73. The maximum atomic E-state index is 13.5. The van der Waals surface area contributed by atoms with Gasteiger partial charge in [0.15, 0.2) is 11.6 Å². The molecule has 0 bridgehead atoms. The quantitative estimate of drug-likeness (QED) is 0.783. The summed E-state index contributed by atoms with van der Waals surface area (Å²) in [5.41, 5.74) is 12.5. The van der Waals surface area contributed by atoms with E-state index in [1.807, 2.05) is 11.9 Å². The van der Waals surface area contributed by atoms with Gasteiger partial charge in [0, 0.05) is 19.1 Å². The van der Waals surface area contributed by atoms with Gasteiger partial charge in [-0.15, -0.1) is 0 Å². The Bertz CT molecular complexity index is 715. The summed E-state index contributed by atoms with van der Waals surface area (Å²) in [6, 6.07) is 3.92. The molecule has 3 rings (SSSR count). The Kier molecular flexibility index (Phi) is 3.53. The van der Waals surface area contributed by atoms with Crippen molar-refractivity contribution in [2.75, 3.05) is 36.5 Å². The molecule has 22 heavy (non-hydrogen) atoms. The number of benzene rings is 1. The number of hydrogen-bond acceptors (Lipinski definition) is 6. The lowest BCUT2D eigenvalue weighted by Crippen LogP contribution is -2.57. The van der Waals surface area contributed by atoms with E-state index in [1.54, 1.807) is 0 Å². The number of nitrogen functional groups attached to an aromatic ring is 2. The second-order valence-electron chi connectivity index (χ2n) is 5.19. The molecule has 0 amide bonds. The van der Waals surface area contributed by atoms with Crippen LogP contribution in [0.4, 0.5) is 26.4 Å². The fourth-order valence-corrected chi connectivity index (χ4v) is 2.47. The number of aromatic nitrogens is 2. The predicted molar refractivity (Wildman–Crippen MR) is 81.3 cm³/mol. The van der Waals surface area contributed by atoms with Crippen LogP contribution in [0.3, 0.4) is 0 Å². The van der Waals surface area contributed by atoms with Crippen molar-refractivity contribution in [2.24, 2.45) is 0 Å². The molecule has 1 aliphatic rings. The van der Waals surface area contributed by atoms with Crippen LogP contribution in [0, 0.1) is 11.6 Å². The van der Waals surface area contributed by atoms with E-state index < -0.39 is 11.6 Å². The maximum absolute atomic E-state index is 13.5. The van der Waals surface area contributed by atoms with Crippen molar-refractivity contribution in [2.45, 2.75) is 6.04 Å². The number of nitrogens with one attached hydrogen (secondary N) is 1. The Morgan fingerprint density at radius 2 is 1.91 bits per heavy atom. The van der Waals surface area contributed by atoms with Gasteiger partial charge in [0.05, 0.1) is 5.56 Å². The second kappa shape index (κ2) is 5.38. The third-order valence-corrected chi connectivity index (χ3v) is 3.73. The lowest BCUT2D eigenvalue weighted by Gasteiger charge is -2.40. The van der Waals surface area contributed by atoms with Crippen molar-refractivity contribution in [1.29, 1.82) is 0 Å². The van der Waals surface area contributed by atoms with Crippen molar-refractivity contribution in [1.82, 2.24) is 15.3 Å². The first-order valence-corrected chi connectivity index (χ1v) is 6.80. The van der Waals surface area contributed by atoms with E-state index in [4.69, 9.17) is 11.5 Å². The molecule has 0 atom stereocenters. The number of rotatable bonds is 3. The van der Waals surface area contributed by atoms with E-state index in [0.29, 0.717) is 23.0 Å². The Morgan fingerprint density at radius 3 is 2.55 bits per heavy atom. The van der Waals surface area contributed by atoms with Crippen LogP contribution in [-0.4, -0.2) is 36.1 Å². The zero-order valence-corrected chi connectivity index (χ0v) is 12.0. The summed E-state index contributed by atoms with van der Waals surface area (Å²) in [5.74, 6) is -1.15. The van der Waals surface area contributed by atoms with E-state index in [1.165, 1.54) is 6.07 Å². The van der Waals surface area contributed by atoms with Gasteiger partial charge < -0.3 is 21.7 Å². The summed E-state index contributed by atoms with van der Waals surface area (Å²) in [6.45, 7) is 1.45. The number of halogens is 2. The molecule has 5 N–H and O–H groups in total. The van der Waals surface area contributed by atoms with E-state index in [-0.39, 0.29) is 11.8 Å². The highest BCUT2D eigenvalue weighted by molar-refractivity contribution is 5.85. The highest BCUT2D eigenvalue weighted by Gasteiger charge is 2.30. The van der Waals surface area contributed by atoms with Gasteiger partial charge in [0.25, 0.3) is 0 Å². The van der Waals surface area contributed by atoms with E-state index in [9.17, 15) is 8.78 Å². The van der Waals surface area contributed by atoms with Gasteiger partial charge in [0.1, 0.15) is 11.6 Å². The number of nitrogens with zero attached hydrogens (tertiary/aromatic N) is 3. The van der Waals surface area contributed by atoms with Crippen molar-refractivity contribution in [3.8, 4) is 11.1 Å². The lowest BCUT2D eigenvalue weighted by molar-refractivity contribution is 0.447. The molecule has 116 valence electrons. The fraction of sp³-hybridized carbons (Fsp3) is 0.286. The molecule has 0 aliphatic carbocycles. The summed E-state index contributed by atoms with van der Waals surface area (Å²) in [5, 5.41) is 3.15. The molecule has 1 aliphatic heterocycles. The van der Waals surface area contributed by atoms with Crippen LogP contribution in [0.1, 0.15) is 0 Å². The molecule has 2 heterocycles. The van der Waals surface area contributed by atoms with Crippen LogP contribution in [-0.2, 0) is 0 Å². The van der Waals surface area contributed by atoms with E-state index in [2.05, 4.69) is 15.3 Å². The van der Waals surface area contributed by atoms with Crippen LogP contribution in [0.15, 0.2) is 18.2 Å². The van der Waals surface area contributed by atoms with Gasteiger partial charge in [0.2, 0.25) is 5.95 Å². The molecular formula is C14H16F2N6. The standard InChI is InChI=1S/C14H16F2N6/c1-19-8-5-22(6-8)13-11(12(17)20-14(18)21-13)7-2-3-9(15)10(16)4-7/h2-4,8,19H,5-6H2,1H3,(H4,17,18,20,21). The summed E-state index contributed by atoms with van der Waals surface area (Å²) in [7, 11) is 1.88. The first kappa shape index (κ1) is 14.5. The van der Waals surface area contributed by atoms with Crippen LogP contribution >= 0.6 is 0 Å². The first-order valence-electron chi connectivity index (χ1n) is 6.80. The van der Waals surface area contributed by atoms with Gasteiger partial charge in [-0.1, -0.05) is 6.07 Å². The lowest BCUT2D eigenvalue weighted by atomic mass is 10.0. The predicted octanol–water partition coefficient (Wildman–Crippen LogP) is 0.994. The number of hydrogen-bond donors (Lipinski definition) is 3. The average Bonchev–Trinajstić information content (AvgIpc) is 2.40. The minimum atomic E-state index is -0.948. The Labute approximate surface area is 126 Å². The maximum Gasteiger partial charge on any atom is 0.223 e. The van der Waals surface area contributed by atoms with Crippen molar-refractivity contribution in [3.05, 3.63) is 29.8 Å². The summed E-state index contributed by atoms with van der Waals surface area (Å²) in [6.07, 6.45) is 0. The fourth-order valence-electron chi connectivity index (χ4n) is 2.47. The van der Waals surface area contributed by atoms with Crippen LogP contribution in [0.25, 0.3) is 11.1 Å². The molecule has 1 aromatic heterocycles. The molecule has 0 spiro atoms. The molecule has 0 saturated carbocycles. The van der Waals surface area contributed by atoms with Gasteiger partial charge in [-0.3, -0.25) is 0 Å². The van der Waals surface area contributed by atoms with Crippen LogP contribution < -0.4 is 21.7 Å². The molecular weight excluding hydrogens is 290 g/mol. The van der Waals surface area contributed by atoms with Crippen LogP contribution in [0.2, 0.25) is 0 Å². The Hall–Kier alpha value is -2.48. The normalized spacial score (nSPS) is 15.0. The molecule has 1 saturated heterocycles. The topological polar surface area (TPSA) is 93.1 Å². The Morgan fingerprint density at radius 1 is 1.18 bits per heavy atom. The molecule has 1 aromatic carbocycles. The number of nitrogens with two attached hydrogens (primary N) is 2. The molecule has 6 nitrogen and oxygen atoms in total. The molecule has 1 fully saturated rings. The zero-order valence-electron chi connectivity index (χ0n) is 12.0. The van der Waals surface area contributed by atoms with Gasteiger partial charge in [-0.05, 0) is 24.7 Å². The molecule has 0 unspecified atom stereocenters. The zero-order chi connectivity index (χ0) is 15.9. The van der Waals surface area contributed by atoms with Gasteiger partial charge in [-0.25, -0.2) is 8.78 Å². The number of anilines is 3. The first-order chi connectivity index (χ1) is 10.5. The summed E-state index contributed by atoms with van der Waals surface area (Å²) in [4.78, 5) is 10.1. The average molecular weight is 306 g/mol. The summed E-state index contributed by atoms with van der Waals surface area (Å²) < 4.78 is 26.7. The van der Waals surface area contributed by atoms with Crippen molar-refractivity contribution >= 4 is 17.6 Å². The largest absolute Gasteiger partial charge is 0.383 e. The Balaban J connectivity index is 2.08. The highest BCUT2D eigenvalue weighted by atomic mass is 19.2. The van der Waals surface area contributed by atoms with Gasteiger partial charge >= 0.3 is 0 Å². The van der Waals surface area contributed by atoms with E-state index >= 15 is 0 Å². The smallest absolute Gasteiger partial charge is 0.223 e. The minimum absolute atomic E-state index is 0.0479. The highest BCUT2D eigenvalue weighted by Crippen LogP contribution is 2.36. The second-order valence-corrected chi connectivity index (χ2v) is 5.19. The molecule has 0 radical (unpaired) electrons. The number of likely N-dealkylation sites (N-methyl/N-ethyl adjacent to an activating group) is 1.